The van der Waals surface area contributed by atoms with Gasteiger partial charge in [-0.1, -0.05) is 0 Å². The number of aromatic nitrogens is 2. The van der Waals surface area contributed by atoms with Crippen LogP contribution >= 0.6 is 11.3 Å². The lowest BCUT2D eigenvalue weighted by atomic mass is 9.91. The van der Waals surface area contributed by atoms with Gasteiger partial charge in [0.05, 0.1) is 17.1 Å². The van der Waals surface area contributed by atoms with Crippen LogP contribution in [0.4, 0.5) is 0 Å². The van der Waals surface area contributed by atoms with E-state index in [1.54, 1.807) is 10.9 Å². The molecule has 2 aromatic rings. The Balaban J connectivity index is 1.86. The Morgan fingerprint density at radius 2 is 2.09 bits per heavy atom. The van der Waals surface area contributed by atoms with Crippen molar-refractivity contribution in [2.24, 2.45) is 5.41 Å². The molecule has 1 saturated heterocycles. The van der Waals surface area contributed by atoms with E-state index < -0.39 is 5.41 Å². The first-order chi connectivity index (χ1) is 10.9. The number of nitrogens with zero attached hydrogens (tertiary/aromatic N) is 3. The molecule has 3 heterocycles. The van der Waals surface area contributed by atoms with Gasteiger partial charge in [0.15, 0.2) is 0 Å². The highest BCUT2D eigenvalue weighted by Crippen LogP contribution is 2.23. The van der Waals surface area contributed by atoms with Crippen LogP contribution in [0, 0.1) is 12.3 Å². The average molecular weight is 334 g/mol. The van der Waals surface area contributed by atoms with E-state index in [1.807, 2.05) is 31.7 Å². The summed E-state index contributed by atoms with van der Waals surface area (Å²) in [4.78, 5) is 33.5. The molecule has 23 heavy (non-hydrogen) atoms. The third kappa shape index (κ3) is 3.16. The minimum absolute atomic E-state index is 0.0689. The van der Waals surface area contributed by atoms with Crippen LogP contribution in [0.1, 0.15) is 18.7 Å². The SMILES string of the molecule is Cc1cc2c(=O)n(CC(C)(C)C(=O)N3CCNCC3)cnc2s1. The number of piperazine rings is 1. The molecule has 1 N–H and O–H groups in total. The fourth-order valence-corrected chi connectivity index (χ4v) is 3.82. The summed E-state index contributed by atoms with van der Waals surface area (Å²) in [5, 5.41) is 3.88. The van der Waals surface area contributed by atoms with Gasteiger partial charge in [0.2, 0.25) is 5.91 Å². The van der Waals surface area contributed by atoms with Crippen molar-refractivity contribution in [1.29, 1.82) is 0 Å². The summed E-state index contributed by atoms with van der Waals surface area (Å²) in [7, 11) is 0. The molecule has 7 heteroatoms. The van der Waals surface area contributed by atoms with Gasteiger partial charge >= 0.3 is 0 Å². The highest BCUT2D eigenvalue weighted by molar-refractivity contribution is 7.18. The summed E-state index contributed by atoms with van der Waals surface area (Å²) in [6.45, 7) is 9.18. The van der Waals surface area contributed by atoms with Gasteiger partial charge in [0.25, 0.3) is 5.56 Å². The zero-order chi connectivity index (χ0) is 16.6. The Kier molecular flexibility index (Phi) is 4.25. The zero-order valence-electron chi connectivity index (χ0n) is 13.8. The minimum atomic E-state index is -0.637. The molecule has 0 unspecified atom stereocenters. The van der Waals surface area contributed by atoms with Crippen LogP contribution in [0.5, 0.6) is 0 Å². The molecular formula is C16H22N4O2S. The molecule has 6 nitrogen and oxygen atoms in total. The number of thiophene rings is 1. The number of nitrogens with one attached hydrogen (secondary N) is 1. The summed E-state index contributed by atoms with van der Waals surface area (Å²) < 4.78 is 1.56. The maximum absolute atomic E-state index is 12.8. The summed E-state index contributed by atoms with van der Waals surface area (Å²) in [5.74, 6) is 0.0903. The van der Waals surface area contributed by atoms with Crippen LogP contribution in [0.2, 0.25) is 0 Å². The third-order valence-electron chi connectivity index (χ3n) is 4.19. The zero-order valence-corrected chi connectivity index (χ0v) is 14.6. The van der Waals surface area contributed by atoms with E-state index in [0.717, 1.165) is 35.9 Å². The van der Waals surface area contributed by atoms with Crippen LogP contribution in [0.25, 0.3) is 10.2 Å². The lowest BCUT2D eigenvalue weighted by Crippen LogP contribution is -2.51. The van der Waals surface area contributed by atoms with E-state index >= 15 is 0 Å². The number of fused-ring (bicyclic) bond motifs is 1. The molecule has 1 aliphatic heterocycles. The minimum Gasteiger partial charge on any atom is -0.340 e. The van der Waals surface area contributed by atoms with Crippen molar-refractivity contribution in [1.82, 2.24) is 19.8 Å². The number of rotatable bonds is 3. The number of hydrogen-bond acceptors (Lipinski definition) is 5. The molecule has 0 bridgehead atoms. The van der Waals surface area contributed by atoms with Gasteiger partial charge < -0.3 is 10.2 Å². The number of aryl methyl sites for hydroxylation is 1. The van der Waals surface area contributed by atoms with Crippen molar-refractivity contribution in [3.05, 3.63) is 27.6 Å². The molecule has 2 aromatic heterocycles. The molecule has 1 fully saturated rings. The molecule has 0 radical (unpaired) electrons. The van der Waals surface area contributed by atoms with Gasteiger partial charge in [-0.3, -0.25) is 14.2 Å². The van der Waals surface area contributed by atoms with E-state index in [0.29, 0.717) is 11.9 Å². The second kappa shape index (κ2) is 6.05. The number of hydrogen-bond donors (Lipinski definition) is 1. The van der Waals surface area contributed by atoms with Crippen molar-refractivity contribution >= 4 is 27.5 Å². The second-order valence-corrected chi connectivity index (χ2v) is 7.91. The molecule has 1 aliphatic rings. The van der Waals surface area contributed by atoms with Crippen LogP contribution in [-0.2, 0) is 11.3 Å². The van der Waals surface area contributed by atoms with E-state index in [1.165, 1.54) is 11.3 Å². The molecule has 1 amide bonds. The molecule has 124 valence electrons. The molecule has 0 saturated carbocycles. The van der Waals surface area contributed by atoms with Crippen LogP contribution in [0.3, 0.4) is 0 Å². The lowest BCUT2D eigenvalue weighted by molar-refractivity contribution is -0.141. The molecule has 3 rings (SSSR count). The summed E-state index contributed by atoms with van der Waals surface area (Å²) in [6, 6.07) is 1.87. The maximum atomic E-state index is 12.8. The van der Waals surface area contributed by atoms with Gasteiger partial charge in [-0.15, -0.1) is 11.3 Å². The Morgan fingerprint density at radius 3 is 2.78 bits per heavy atom. The van der Waals surface area contributed by atoms with Gasteiger partial charge in [0.1, 0.15) is 4.83 Å². The Bertz CT molecular complexity index is 787. The van der Waals surface area contributed by atoms with E-state index in [-0.39, 0.29) is 11.5 Å². The standard InChI is InChI=1S/C16H22N4O2S/c1-11-8-12-13(23-11)18-10-20(14(12)21)9-16(2,3)15(22)19-6-4-17-5-7-19/h8,10,17H,4-7,9H2,1-3H3. The molecule has 0 spiro atoms. The molecular weight excluding hydrogens is 312 g/mol. The van der Waals surface area contributed by atoms with Crippen LogP contribution in [0.15, 0.2) is 17.2 Å². The second-order valence-electron chi connectivity index (χ2n) is 6.68. The predicted octanol–water partition coefficient (Wildman–Crippen LogP) is 1.22. The van der Waals surface area contributed by atoms with Gasteiger partial charge in [0, 0.05) is 37.6 Å². The van der Waals surface area contributed by atoms with Crippen molar-refractivity contribution in [2.45, 2.75) is 27.3 Å². The normalized spacial score (nSPS) is 16.0. The van der Waals surface area contributed by atoms with E-state index in [2.05, 4.69) is 10.3 Å². The van der Waals surface area contributed by atoms with E-state index in [4.69, 9.17) is 0 Å². The summed E-state index contributed by atoms with van der Waals surface area (Å²) in [6.07, 6.45) is 1.56. The van der Waals surface area contributed by atoms with Crippen molar-refractivity contribution in [3.63, 3.8) is 0 Å². The van der Waals surface area contributed by atoms with Crippen LogP contribution < -0.4 is 10.9 Å². The lowest BCUT2D eigenvalue weighted by Gasteiger charge is -2.34. The Morgan fingerprint density at radius 1 is 1.39 bits per heavy atom. The maximum Gasteiger partial charge on any atom is 0.262 e. The van der Waals surface area contributed by atoms with Crippen molar-refractivity contribution in [2.75, 3.05) is 26.2 Å². The van der Waals surface area contributed by atoms with Gasteiger partial charge in [-0.2, -0.15) is 0 Å². The van der Waals surface area contributed by atoms with E-state index in [9.17, 15) is 9.59 Å². The number of amides is 1. The van der Waals surface area contributed by atoms with Gasteiger partial charge in [-0.05, 0) is 26.8 Å². The number of carbonyl (C=O) groups excluding carboxylic acids is 1. The van der Waals surface area contributed by atoms with Crippen molar-refractivity contribution < 1.29 is 4.79 Å². The monoisotopic (exact) mass is 334 g/mol. The average Bonchev–Trinajstić information content (AvgIpc) is 2.91. The topological polar surface area (TPSA) is 67.2 Å². The molecule has 0 atom stereocenters. The largest absolute Gasteiger partial charge is 0.340 e. The third-order valence-corrected chi connectivity index (χ3v) is 5.15. The highest BCUT2D eigenvalue weighted by Gasteiger charge is 2.33. The summed E-state index contributed by atoms with van der Waals surface area (Å²) >= 11 is 1.52. The van der Waals surface area contributed by atoms with Crippen LogP contribution in [-0.4, -0.2) is 46.5 Å². The first-order valence-corrected chi connectivity index (χ1v) is 8.66. The fourth-order valence-electron chi connectivity index (χ4n) is 2.98. The quantitative estimate of drug-likeness (QED) is 0.917. The Hall–Kier alpha value is -1.73. The molecule has 0 aromatic carbocycles. The number of carbonyl (C=O) groups is 1. The van der Waals surface area contributed by atoms with Gasteiger partial charge in [-0.25, -0.2) is 4.98 Å². The van der Waals surface area contributed by atoms with Crippen molar-refractivity contribution in [3.8, 4) is 0 Å². The highest BCUT2D eigenvalue weighted by atomic mass is 32.1. The summed E-state index contributed by atoms with van der Waals surface area (Å²) in [5.41, 5.74) is -0.706. The Labute approximate surface area is 139 Å². The smallest absolute Gasteiger partial charge is 0.262 e. The first kappa shape index (κ1) is 16.1. The first-order valence-electron chi connectivity index (χ1n) is 7.84. The fraction of sp³-hybridized carbons (Fsp3) is 0.562. The molecule has 0 aliphatic carbocycles. The predicted molar refractivity (Wildman–Crippen MR) is 91.8 cm³/mol.